The fraction of sp³-hybridized carbons (Fsp3) is 0.385. The summed E-state index contributed by atoms with van der Waals surface area (Å²) in [6, 6.07) is 1.87. The highest BCUT2D eigenvalue weighted by molar-refractivity contribution is 6.29. The van der Waals surface area contributed by atoms with Crippen LogP contribution in [0.25, 0.3) is 0 Å². The van der Waals surface area contributed by atoms with Crippen molar-refractivity contribution in [3.05, 3.63) is 43.6 Å². The summed E-state index contributed by atoms with van der Waals surface area (Å²) < 4.78 is 3.86. The lowest BCUT2D eigenvalue weighted by molar-refractivity contribution is 0.657. The molecule has 22 heavy (non-hydrogen) atoms. The van der Waals surface area contributed by atoms with Crippen LogP contribution in [-0.2, 0) is 27.7 Å². The van der Waals surface area contributed by atoms with Gasteiger partial charge in [-0.05, 0) is 0 Å². The number of rotatable bonds is 3. The third-order valence-corrected chi connectivity index (χ3v) is 3.86. The molecular weight excluding hydrogens is 308 g/mol. The van der Waals surface area contributed by atoms with Crippen molar-refractivity contribution in [1.29, 1.82) is 5.26 Å². The summed E-state index contributed by atoms with van der Waals surface area (Å²) in [5, 5.41) is 9.74. The standard InChI is InChI=1S/C13H15ClN6O2/c1-17(7-10-16-6-9(14)18(10)2)11-8(5-15)12(21)20(4)13(22)19(11)3/h6H,7H2,1-4H3. The Hall–Kier alpha value is -2.53. The minimum Gasteiger partial charge on any atom is -0.352 e. The summed E-state index contributed by atoms with van der Waals surface area (Å²) in [5.41, 5.74) is -1.21. The van der Waals surface area contributed by atoms with E-state index in [4.69, 9.17) is 11.6 Å². The average Bonchev–Trinajstić information content (AvgIpc) is 2.80. The first kappa shape index (κ1) is 15.9. The number of nitrogens with zero attached hydrogens (tertiary/aromatic N) is 6. The lowest BCUT2D eigenvalue weighted by Gasteiger charge is -2.22. The molecule has 0 bridgehead atoms. The van der Waals surface area contributed by atoms with E-state index in [0.717, 1.165) is 4.57 Å². The Morgan fingerprint density at radius 2 is 1.91 bits per heavy atom. The molecule has 0 fully saturated rings. The van der Waals surface area contributed by atoms with Crippen LogP contribution in [0.5, 0.6) is 0 Å². The lowest BCUT2D eigenvalue weighted by Crippen LogP contribution is -2.41. The van der Waals surface area contributed by atoms with Gasteiger partial charge in [-0.2, -0.15) is 5.26 Å². The molecule has 0 unspecified atom stereocenters. The molecule has 0 spiro atoms. The molecule has 0 aromatic carbocycles. The molecule has 0 saturated heterocycles. The maximum atomic E-state index is 12.1. The Kier molecular flexibility index (Phi) is 4.10. The maximum absolute atomic E-state index is 12.1. The zero-order valence-corrected chi connectivity index (χ0v) is 13.4. The van der Waals surface area contributed by atoms with Crippen LogP contribution in [0.1, 0.15) is 11.4 Å². The van der Waals surface area contributed by atoms with Gasteiger partial charge in [0, 0.05) is 28.2 Å². The summed E-state index contributed by atoms with van der Waals surface area (Å²) in [6.07, 6.45) is 1.51. The van der Waals surface area contributed by atoms with Crippen molar-refractivity contribution >= 4 is 17.4 Å². The molecule has 0 aliphatic carbocycles. The smallest absolute Gasteiger partial charge is 0.332 e. The van der Waals surface area contributed by atoms with Gasteiger partial charge in [-0.25, -0.2) is 9.78 Å². The minimum atomic E-state index is -0.620. The van der Waals surface area contributed by atoms with Crippen LogP contribution in [0.15, 0.2) is 15.8 Å². The molecule has 0 radical (unpaired) electrons. The molecule has 0 N–H and O–H groups in total. The highest BCUT2D eigenvalue weighted by atomic mass is 35.5. The molecule has 0 atom stereocenters. The molecule has 9 heteroatoms. The van der Waals surface area contributed by atoms with Crippen LogP contribution in [0.4, 0.5) is 5.82 Å². The first-order chi connectivity index (χ1) is 10.3. The van der Waals surface area contributed by atoms with Crippen LogP contribution in [0.2, 0.25) is 5.15 Å². The fourth-order valence-corrected chi connectivity index (χ4v) is 2.38. The molecule has 8 nitrogen and oxygen atoms in total. The Balaban J connectivity index is 2.57. The van der Waals surface area contributed by atoms with Gasteiger partial charge in [0.1, 0.15) is 22.9 Å². The van der Waals surface area contributed by atoms with E-state index >= 15 is 0 Å². The van der Waals surface area contributed by atoms with Crippen molar-refractivity contribution in [3.63, 3.8) is 0 Å². The second kappa shape index (κ2) is 5.69. The van der Waals surface area contributed by atoms with Gasteiger partial charge in [-0.15, -0.1) is 0 Å². The molecule has 0 aliphatic heterocycles. The first-order valence-corrected chi connectivity index (χ1v) is 6.74. The van der Waals surface area contributed by atoms with Crippen molar-refractivity contribution in [2.45, 2.75) is 6.54 Å². The van der Waals surface area contributed by atoms with Crippen molar-refractivity contribution in [2.24, 2.45) is 21.1 Å². The first-order valence-electron chi connectivity index (χ1n) is 6.37. The molecule has 2 aromatic heterocycles. The van der Waals surface area contributed by atoms with Gasteiger partial charge in [0.15, 0.2) is 5.56 Å². The summed E-state index contributed by atoms with van der Waals surface area (Å²) >= 11 is 5.94. The number of hydrogen-bond donors (Lipinski definition) is 0. The number of hydrogen-bond acceptors (Lipinski definition) is 5. The van der Waals surface area contributed by atoms with Gasteiger partial charge in [-0.1, -0.05) is 11.6 Å². The zero-order valence-electron chi connectivity index (χ0n) is 12.7. The number of nitriles is 1. The number of aromatic nitrogens is 4. The average molecular weight is 323 g/mol. The monoisotopic (exact) mass is 322 g/mol. The maximum Gasteiger partial charge on any atom is 0.332 e. The van der Waals surface area contributed by atoms with Crippen molar-refractivity contribution in [3.8, 4) is 6.07 Å². The fourth-order valence-electron chi connectivity index (χ4n) is 2.24. The highest BCUT2D eigenvalue weighted by Gasteiger charge is 2.20. The van der Waals surface area contributed by atoms with E-state index in [1.807, 2.05) is 6.07 Å². The molecule has 116 valence electrons. The molecule has 0 amide bonds. The molecular formula is C13H15ClN6O2. The lowest BCUT2D eigenvalue weighted by atomic mass is 10.3. The van der Waals surface area contributed by atoms with Crippen molar-refractivity contribution in [2.75, 3.05) is 11.9 Å². The van der Waals surface area contributed by atoms with Crippen LogP contribution >= 0.6 is 11.6 Å². The van der Waals surface area contributed by atoms with Crippen LogP contribution < -0.4 is 16.1 Å². The second-order valence-corrected chi connectivity index (χ2v) is 5.32. The van der Waals surface area contributed by atoms with Gasteiger partial charge in [0.2, 0.25) is 0 Å². The van der Waals surface area contributed by atoms with E-state index in [-0.39, 0.29) is 11.4 Å². The van der Waals surface area contributed by atoms with Gasteiger partial charge >= 0.3 is 5.69 Å². The normalized spacial score (nSPS) is 10.5. The van der Waals surface area contributed by atoms with Gasteiger partial charge < -0.3 is 9.47 Å². The predicted octanol–water partition coefficient (Wildman–Crippen LogP) is -0.0210. The van der Waals surface area contributed by atoms with Crippen LogP contribution in [0, 0.1) is 11.3 Å². The largest absolute Gasteiger partial charge is 0.352 e. The predicted molar refractivity (Wildman–Crippen MR) is 82.0 cm³/mol. The molecule has 0 saturated carbocycles. The van der Waals surface area contributed by atoms with Crippen LogP contribution in [-0.4, -0.2) is 25.7 Å². The van der Waals surface area contributed by atoms with E-state index < -0.39 is 11.2 Å². The molecule has 2 heterocycles. The topological polar surface area (TPSA) is 88.8 Å². The van der Waals surface area contributed by atoms with E-state index in [1.54, 1.807) is 23.6 Å². The van der Waals surface area contributed by atoms with Gasteiger partial charge in [0.25, 0.3) is 5.56 Å². The molecule has 0 aliphatic rings. The van der Waals surface area contributed by atoms with E-state index in [2.05, 4.69) is 4.98 Å². The molecule has 2 rings (SSSR count). The Bertz CT molecular complexity index is 886. The van der Waals surface area contributed by atoms with E-state index in [1.165, 1.54) is 24.9 Å². The summed E-state index contributed by atoms with van der Waals surface area (Å²) in [4.78, 5) is 29.9. The van der Waals surface area contributed by atoms with E-state index in [9.17, 15) is 14.9 Å². The SMILES string of the molecule is CN(Cc1ncc(Cl)n1C)c1c(C#N)c(=O)n(C)c(=O)n1C. The van der Waals surface area contributed by atoms with Crippen molar-refractivity contribution < 1.29 is 0 Å². The molecule has 2 aromatic rings. The van der Waals surface area contributed by atoms with Crippen molar-refractivity contribution in [1.82, 2.24) is 18.7 Å². The Morgan fingerprint density at radius 3 is 2.41 bits per heavy atom. The summed E-state index contributed by atoms with van der Waals surface area (Å²) in [5.74, 6) is 0.888. The zero-order chi connectivity index (χ0) is 16.6. The van der Waals surface area contributed by atoms with Crippen LogP contribution in [0.3, 0.4) is 0 Å². The second-order valence-electron chi connectivity index (χ2n) is 4.93. The Morgan fingerprint density at radius 1 is 1.27 bits per heavy atom. The van der Waals surface area contributed by atoms with Gasteiger partial charge in [-0.3, -0.25) is 13.9 Å². The highest BCUT2D eigenvalue weighted by Crippen LogP contribution is 2.17. The summed E-state index contributed by atoms with van der Waals surface area (Å²) in [6.45, 7) is 0.290. The third kappa shape index (κ3) is 2.40. The summed E-state index contributed by atoms with van der Waals surface area (Å²) in [7, 11) is 6.29. The third-order valence-electron chi connectivity index (χ3n) is 3.51. The number of imidazole rings is 1. The number of anilines is 1. The Labute approximate surface area is 131 Å². The number of halogens is 1. The minimum absolute atomic E-state index is 0.0904. The van der Waals surface area contributed by atoms with Gasteiger partial charge in [0.05, 0.1) is 12.7 Å². The van der Waals surface area contributed by atoms with E-state index in [0.29, 0.717) is 17.5 Å². The quantitative estimate of drug-likeness (QED) is 0.792.